The van der Waals surface area contributed by atoms with Gasteiger partial charge in [0.2, 0.25) is 10.0 Å². The minimum atomic E-state index is -3.75. The molecule has 2 aromatic heterocycles. The number of hydrogen-bond acceptors (Lipinski definition) is 6. The van der Waals surface area contributed by atoms with E-state index in [0.29, 0.717) is 18.7 Å². The minimum absolute atomic E-state index is 0.104. The molecule has 1 saturated heterocycles. The van der Waals surface area contributed by atoms with Crippen LogP contribution in [-0.4, -0.2) is 60.5 Å². The van der Waals surface area contributed by atoms with Crippen molar-refractivity contribution in [3.05, 3.63) is 96.7 Å². The van der Waals surface area contributed by atoms with E-state index in [1.807, 2.05) is 47.0 Å². The Morgan fingerprint density at radius 1 is 0.900 bits per heavy atom. The number of methoxy groups -OCH3 is 1. The largest absolute Gasteiger partial charge is 0.497 e. The van der Waals surface area contributed by atoms with E-state index >= 15 is 0 Å². The normalized spacial score (nSPS) is 14.5. The van der Waals surface area contributed by atoms with Gasteiger partial charge in [-0.25, -0.2) is 22.8 Å². The van der Waals surface area contributed by atoms with Crippen LogP contribution in [0.3, 0.4) is 0 Å². The molecule has 1 fully saturated rings. The van der Waals surface area contributed by atoms with Crippen molar-refractivity contribution in [3.63, 3.8) is 0 Å². The molecule has 0 N–H and O–H groups in total. The summed E-state index contributed by atoms with van der Waals surface area (Å²) in [7, 11) is -2.11. The first-order chi connectivity index (χ1) is 19.4. The maximum absolute atomic E-state index is 13.8. The smallest absolute Gasteiger partial charge is 0.243 e. The van der Waals surface area contributed by atoms with Crippen molar-refractivity contribution >= 4 is 26.9 Å². The van der Waals surface area contributed by atoms with E-state index in [9.17, 15) is 12.8 Å². The highest BCUT2D eigenvalue weighted by molar-refractivity contribution is 7.89. The summed E-state index contributed by atoms with van der Waals surface area (Å²) in [6.45, 7) is 3.03. The van der Waals surface area contributed by atoms with Crippen LogP contribution in [0.25, 0.3) is 27.8 Å². The van der Waals surface area contributed by atoms with Gasteiger partial charge < -0.3 is 14.2 Å². The van der Waals surface area contributed by atoms with Crippen LogP contribution in [0.15, 0.2) is 90.2 Å². The van der Waals surface area contributed by atoms with E-state index in [4.69, 9.17) is 4.74 Å². The fourth-order valence-corrected chi connectivity index (χ4v) is 6.64. The number of aromatic nitrogens is 3. The molecular weight excluding hydrogens is 529 g/mol. The van der Waals surface area contributed by atoms with Gasteiger partial charge in [-0.1, -0.05) is 30.3 Å². The average Bonchev–Trinajstić information content (AvgIpc) is 3.39. The number of sulfonamides is 1. The number of halogens is 1. The fourth-order valence-electron chi connectivity index (χ4n) is 5.13. The van der Waals surface area contributed by atoms with Crippen LogP contribution in [-0.2, 0) is 10.0 Å². The number of piperazine rings is 1. The molecule has 0 amide bonds. The highest BCUT2D eigenvalue weighted by atomic mass is 32.2. The lowest BCUT2D eigenvalue weighted by Crippen LogP contribution is -2.49. The van der Waals surface area contributed by atoms with E-state index in [1.165, 1.54) is 22.5 Å². The van der Waals surface area contributed by atoms with Gasteiger partial charge in [-0.3, -0.25) is 0 Å². The number of aryl methyl sites for hydroxylation is 1. The minimum Gasteiger partial charge on any atom is -0.497 e. The van der Waals surface area contributed by atoms with Gasteiger partial charge >= 0.3 is 0 Å². The molecular formula is C30H28FN5O3S. The molecule has 0 spiro atoms. The van der Waals surface area contributed by atoms with Crippen LogP contribution >= 0.6 is 0 Å². The summed E-state index contributed by atoms with van der Waals surface area (Å²) in [4.78, 5) is 11.6. The molecule has 1 aliphatic heterocycles. The first-order valence-corrected chi connectivity index (χ1v) is 14.4. The standard InChI is InChI=1S/C30H28FN5O3S/c1-21-18-25(12-13-27(21)31)40(37,38)35-16-14-34(15-17-35)29-28-26(22-6-4-3-5-7-22)19-36(30(28)33-20-32-29)23-8-10-24(39-2)11-9-23/h3-13,18-20H,14-17H2,1-2H3. The molecule has 0 atom stereocenters. The Kier molecular flexibility index (Phi) is 6.73. The Bertz CT molecular complexity index is 1780. The lowest BCUT2D eigenvalue weighted by atomic mass is 10.1. The predicted octanol–water partition coefficient (Wildman–Crippen LogP) is 5.05. The summed E-state index contributed by atoms with van der Waals surface area (Å²) in [6.07, 6.45) is 3.62. The molecule has 8 nitrogen and oxygen atoms in total. The van der Waals surface area contributed by atoms with Crippen molar-refractivity contribution in [2.75, 3.05) is 38.2 Å². The van der Waals surface area contributed by atoms with Crippen LogP contribution in [0.1, 0.15) is 5.56 Å². The number of hydrogen-bond donors (Lipinski definition) is 0. The molecule has 0 unspecified atom stereocenters. The Morgan fingerprint density at radius 3 is 2.30 bits per heavy atom. The number of rotatable bonds is 6. The number of ether oxygens (including phenoxy) is 1. The quantitative estimate of drug-likeness (QED) is 0.291. The number of nitrogens with zero attached hydrogens (tertiary/aromatic N) is 5. The maximum atomic E-state index is 13.8. The first-order valence-electron chi connectivity index (χ1n) is 12.9. The van der Waals surface area contributed by atoms with Gasteiger partial charge in [-0.2, -0.15) is 4.31 Å². The number of fused-ring (bicyclic) bond motifs is 1. The monoisotopic (exact) mass is 557 g/mol. The Labute approximate surface area is 232 Å². The van der Waals surface area contributed by atoms with Crippen LogP contribution in [0, 0.1) is 12.7 Å². The molecule has 10 heteroatoms. The fraction of sp³-hybridized carbons (Fsp3) is 0.200. The highest BCUT2D eigenvalue weighted by Gasteiger charge is 2.31. The van der Waals surface area contributed by atoms with E-state index in [0.717, 1.165) is 39.4 Å². The third-order valence-corrected chi connectivity index (χ3v) is 9.20. The van der Waals surface area contributed by atoms with Gasteiger partial charge in [0.05, 0.1) is 17.4 Å². The van der Waals surface area contributed by atoms with Gasteiger partial charge in [0.25, 0.3) is 0 Å². The summed E-state index contributed by atoms with van der Waals surface area (Å²) in [5.74, 6) is 1.10. The molecule has 0 radical (unpaired) electrons. The molecule has 5 aromatic rings. The van der Waals surface area contributed by atoms with Crippen molar-refractivity contribution in [1.29, 1.82) is 0 Å². The van der Waals surface area contributed by atoms with Crippen LogP contribution in [0.4, 0.5) is 10.2 Å². The maximum Gasteiger partial charge on any atom is 0.243 e. The average molecular weight is 558 g/mol. The molecule has 3 aromatic carbocycles. The molecule has 0 bridgehead atoms. The summed E-state index contributed by atoms with van der Waals surface area (Å²) >= 11 is 0. The molecule has 0 saturated carbocycles. The SMILES string of the molecule is COc1ccc(-n2cc(-c3ccccc3)c3c(N4CCN(S(=O)(=O)c5ccc(F)c(C)c5)CC4)ncnc32)cc1. The van der Waals surface area contributed by atoms with Crippen molar-refractivity contribution in [2.45, 2.75) is 11.8 Å². The van der Waals surface area contributed by atoms with Crippen LogP contribution < -0.4 is 9.64 Å². The topological polar surface area (TPSA) is 80.6 Å². The molecule has 3 heterocycles. The van der Waals surface area contributed by atoms with Gasteiger partial charge in [0.15, 0.2) is 5.65 Å². The van der Waals surface area contributed by atoms with Gasteiger partial charge in [-0.05, 0) is 60.5 Å². The summed E-state index contributed by atoms with van der Waals surface area (Å²) in [5, 5.41) is 0.898. The van der Waals surface area contributed by atoms with Crippen molar-refractivity contribution in [2.24, 2.45) is 0 Å². The van der Waals surface area contributed by atoms with E-state index < -0.39 is 15.8 Å². The lowest BCUT2D eigenvalue weighted by Gasteiger charge is -2.35. The Balaban J connectivity index is 1.37. The zero-order valence-corrected chi connectivity index (χ0v) is 23.0. The Morgan fingerprint density at radius 2 is 1.62 bits per heavy atom. The molecule has 1 aliphatic rings. The summed E-state index contributed by atoms with van der Waals surface area (Å²) < 4.78 is 49.2. The summed E-state index contributed by atoms with van der Waals surface area (Å²) in [5.41, 5.74) is 4.01. The van der Waals surface area contributed by atoms with E-state index in [-0.39, 0.29) is 18.0 Å². The van der Waals surface area contributed by atoms with Crippen molar-refractivity contribution < 1.29 is 17.5 Å². The van der Waals surface area contributed by atoms with E-state index in [2.05, 4.69) is 33.2 Å². The third-order valence-electron chi connectivity index (χ3n) is 7.30. The molecule has 6 rings (SSSR count). The van der Waals surface area contributed by atoms with Crippen molar-refractivity contribution in [1.82, 2.24) is 18.8 Å². The zero-order valence-electron chi connectivity index (χ0n) is 22.2. The van der Waals surface area contributed by atoms with Crippen molar-refractivity contribution in [3.8, 4) is 22.6 Å². The molecule has 40 heavy (non-hydrogen) atoms. The third kappa shape index (κ3) is 4.59. The highest BCUT2D eigenvalue weighted by Crippen LogP contribution is 2.37. The Hall–Kier alpha value is -4.28. The summed E-state index contributed by atoms with van der Waals surface area (Å²) in [6, 6.07) is 21.8. The van der Waals surface area contributed by atoms with Crippen LogP contribution in [0.5, 0.6) is 5.75 Å². The van der Waals surface area contributed by atoms with Gasteiger partial charge in [-0.15, -0.1) is 0 Å². The number of benzene rings is 3. The zero-order chi connectivity index (χ0) is 27.9. The van der Waals surface area contributed by atoms with Gasteiger partial charge in [0, 0.05) is 43.6 Å². The second-order valence-corrected chi connectivity index (χ2v) is 11.6. The second kappa shape index (κ2) is 10.4. The van der Waals surface area contributed by atoms with Crippen LogP contribution in [0.2, 0.25) is 0 Å². The first kappa shape index (κ1) is 26.0. The molecule has 204 valence electrons. The number of anilines is 1. The van der Waals surface area contributed by atoms with Gasteiger partial charge in [0.1, 0.15) is 23.7 Å². The predicted molar refractivity (Wildman–Crippen MR) is 153 cm³/mol. The lowest BCUT2D eigenvalue weighted by molar-refractivity contribution is 0.384. The van der Waals surface area contributed by atoms with E-state index in [1.54, 1.807) is 20.4 Å². The molecule has 0 aliphatic carbocycles. The second-order valence-electron chi connectivity index (χ2n) is 9.67.